The van der Waals surface area contributed by atoms with Crippen LogP contribution in [0, 0.1) is 11.6 Å². The molecule has 0 fully saturated rings. The van der Waals surface area contributed by atoms with Crippen molar-refractivity contribution < 1.29 is 13.5 Å². The number of ether oxygens (including phenoxy) is 1. The Labute approximate surface area is 162 Å². The standard InChI is InChI=1S/C22H20ClF2NO/c23-19-7-10-22(27-15-16-5-8-20(24)9-6-16)18(13-19)14-26-12-11-17-3-1-2-4-21(17)25/h1-10,13,26H,11-12,14-15H2. The van der Waals surface area contributed by atoms with Crippen LogP contribution in [0.5, 0.6) is 5.75 Å². The van der Waals surface area contributed by atoms with Crippen LogP contribution >= 0.6 is 11.6 Å². The van der Waals surface area contributed by atoms with Crippen molar-refractivity contribution in [2.45, 2.75) is 19.6 Å². The molecular weight excluding hydrogens is 368 g/mol. The maximum absolute atomic E-state index is 13.7. The largest absolute Gasteiger partial charge is 0.489 e. The van der Waals surface area contributed by atoms with Gasteiger partial charge in [-0.1, -0.05) is 41.9 Å². The summed E-state index contributed by atoms with van der Waals surface area (Å²) in [5.74, 6) is 0.248. The summed E-state index contributed by atoms with van der Waals surface area (Å²) in [6.45, 7) is 1.52. The number of hydrogen-bond donors (Lipinski definition) is 1. The molecule has 1 N–H and O–H groups in total. The van der Waals surface area contributed by atoms with Crippen molar-refractivity contribution in [1.29, 1.82) is 0 Å². The molecule has 0 radical (unpaired) electrons. The minimum absolute atomic E-state index is 0.189. The fraction of sp³-hybridized carbons (Fsp3) is 0.182. The van der Waals surface area contributed by atoms with E-state index < -0.39 is 0 Å². The van der Waals surface area contributed by atoms with Gasteiger partial charge in [-0.2, -0.15) is 0 Å². The molecule has 0 unspecified atom stereocenters. The lowest BCUT2D eigenvalue weighted by Gasteiger charge is -2.13. The van der Waals surface area contributed by atoms with E-state index in [4.69, 9.17) is 16.3 Å². The van der Waals surface area contributed by atoms with Crippen molar-refractivity contribution in [1.82, 2.24) is 5.32 Å². The molecule has 140 valence electrons. The van der Waals surface area contributed by atoms with Crippen LogP contribution in [0.1, 0.15) is 16.7 Å². The second-order valence-corrected chi connectivity index (χ2v) is 6.62. The molecule has 0 atom stereocenters. The minimum Gasteiger partial charge on any atom is -0.489 e. The molecule has 5 heteroatoms. The van der Waals surface area contributed by atoms with E-state index in [1.807, 2.05) is 18.2 Å². The van der Waals surface area contributed by atoms with Crippen LogP contribution in [-0.4, -0.2) is 6.54 Å². The maximum atomic E-state index is 13.7. The summed E-state index contributed by atoms with van der Waals surface area (Å²) in [7, 11) is 0. The van der Waals surface area contributed by atoms with E-state index in [2.05, 4.69) is 5.32 Å². The number of halogens is 3. The topological polar surface area (TPSA) is 21.3 Å². The second kappa shape index (κ2) is 9.49. The van der Waals surface area contributed by atoms with Gasteiger partial charge in [0.25, 0.3) is 0 Å². The van der Waals surface area contributed by atoms with Crippen molar-refractivity contribution >= 4 is 11.6 Å². The first kappa shape index (κ1) is 19.3. The summed E-state index contributed by atoms with van der Waals surface area (Å²) < 4.78 is 32.5. The molecule has 0 saturated carbocycles. The molecular formula is C22H20ClF2NO. The molecule has 3 aromatic rings. The van der Waals surface area contributed by atoms with Gasteiger partial charge in [0.2, 0.25) is 0 Å². The Morgan fingerprint density at radius 3 is 2.44 bits per heavy atom. The lowest BCUT2D eigenvalue weighted by Crippen LogP contribution is -2.17. The minimum atomic E-state index is -0.273. The average Bonchev–Trinajstić information content (AvgIpc) is 2.67. The average molecular weight is 388 g/mol. The van der Waals surface area contributed by atoms with Gasteiger partial charge in [-0.05, 0) is 60.5 Å². The molecule has 0 aliphatic rings. The van der Waals surface area contributed by atoms with Crippen molar-refractivity contribution in [2.24, 2.45) is 0 Å². The summed E-state index contributed by atoms with van der Waals surface area (Å²) >= 11 is 6.11. The van der Waals surface area contributed by atoms with Crippen molar-refractivity contribution in [2.75, 3.05) is 6.54 Å². The molecule has 0 aliphatic heterocycles. The van der Waals surface area contributed by atoms with Crippen LogP contribution in [0.3, 0.4) is 0 Å². The molecule has 0 aliphatic carbocycles. The number of benzene rings is 3. The Kier molecular flexibility index (Phi) is 6.80. The number of rotatable bonds is 8. The zero-order chi connectivity index (χ0) is 19.1. The van der Waals surface area contributed by atoms with Crippen LogP contribution in [-0.2, 0) is 19.6 Å². The molecule has 0 bridgehead atoms. The molecule has 2 nitrogen and oxygen atoms in total. The fourth-order valence-electron chi connectivity index (χ4n) is 2.72. The zero-order valence-electron chi connectivity index (χ0n) is 14.7. The molecule has 0 amide bonds. The fourth-order valence-corrected chi connectivity index (χ4v) is 2.91. The first-order valence-corrected chi connectivity index (χ1v) is 9.09. The van der Waals surface area contributed by atoms with E-state index >= 15 is 0 Å². The van der Waals surface area contributed by atoms with Gasteiger partial charge >= 0.3 is 0 Å². The quantitative estimate of drug-likeness (QED) is 0.513. The van der Waals surface area contributed by atoms with Crippen LogP contribution in [0.4, 0.5) is 8.78 Å². The third kappa shape index (κ3) is 5.78. The second-order valence-electron chi connectivity index (χ2n) is 6.19. The van der Waals surface area contributed by atoms with E-state index in [0.717, 1.165) is 11.1 Å². The molecule has 0 aromatic heterocycles. The van der Waals surface area contributed by atoms with Gasteiger partial charge in [0.05, 0.1) is 0 Å². The summed E-state index contributed by atoms with van der Waals surface area (Å²) in [6, 6.07) is 18.4. The Morgan fingerprint density at radius 1 is 0.889 bits per heavy atom. The highest BCUT2D eigenvalue weighted by atomic mass is 35.5. The molecule has 0 heterocycles. The monoisotopic (exact) mass is 387 g/mol. The summed E-state index contributed by atoms with van der Waals surface area (Å²) in [5.41, 5.74) is 2.48. The van der Waals surface area contributed by atoms with Crippen LogP contribution in [0.25, 0.3) is 0 Å². The van der Waals surface area contributed by atoms with E-state index in [-0.39, 0.29) is 11.6 Å². The van der Waals surface area contributed by atoms with Crippen LogP contribution in [0.2, 0.25) is 5.02 Å². The number of hydrogen-bond acceptors (Lipinski definition) is 2. The van der Waals surface area contributed by atoms with E-state index in [1.54, 1.807) is 30.3 Å². The number of nitrogens with one attached hydrogen (secondary N) is 1. The predicted octanol–water partition coefficient (Wildman–Crippen LogP) is 5.53. The van der Waals surface area contributed by atoms with Crippen LogP contribution in [0.15, 0.2) is 66.7 Å². The molecule has 0 saturated heterocycles. The summed E-state index contributed by atoms with van der Waals surface area (Å²) in [6.07, 6.45) is 0.596. The van der Waals surface area contributed by atoms with Gasteiger partial charge in [-0.25, -0.2) is 8.78 Å². The smallest absolute Gasteiger partial charge is 0.126 e. The van der Waals surface area contributed by atoms with Gasteiger partial charge in [0, 0.05) is 17.1 Å². The zero-order valence-corrected chi connectivity index (χ0v) is 15.5. The molecule has 3 aromatic carbocycles. The first-order chi connectivity index (χ1) is 13.1. The van der Waals surface area contributed by atoms with Crippen molar-refractivity contribution in [3.05, 3.63) is 100 Å². The lowest BCUT2D eigenvalue weighted by molar-refractivity contribution is 0.302. The highest BCUT2D eigenvalue weighted by Crippen LogP contribution is 2.24. The Hall–Kier alpha value is -2.43. The van der Waals surface area contributed by atoms with Gasteiger partial charge in [-0.3, -0.25) is 0 Å². The molecule has 3 rings (SSSR count). The maximum Gasteiger partial charge on any atom is 0.126 e. The third-order valence-electron chi connectivity index (χ3n) is 4.17. The van der Waals surface area contributed by atoms with Crippen LogP contribution < -0.4 is 10.1 Å². The van der Waals surface area contributed by atoms with Gasteiger partial charge in [-0.15, -0.1) is 0 Å². The normalized spacial score (nSPS) is 10.8. The third-order valence-corrected chi connectivity index (χ3v) is 4.41. The highest BCUT2D eigenvalue weighted by molar-refractivity contribution is 6.30. The van der Waals surface area contributed by atoms with E-state index in [9.17, 15) is 8.78 Å². The Morgan fingerprint density at radius 2 is 1.67 bits per heavy atom. The van der Waals surface area contributed by atoms with Crippen molar-refractivity contribution in [3.8, 4) is 5.75 Å². The van der Waals surface area contributed by atoms with Gasteiger partial charge < -0.3 is 10.1 Å². The first-order valence-electron chi connectivity index (χ1n) is 8.71. The highest BCUT2D eigenvalue weighted by Gasteiger charge is 2.06. The SMILES string of the molecule is Fc1ccc(COc2ccc(Cl)cc2CNCCc2ccccc2F)cc1. The Balaban J connectivity index is 1.57. The Bertz CT molecular complexity index is 884. The molecule has 0 spiro atoms. The van der Waals surface area contributed by atoms with Crippen molar-refractivity contribution in [3.63, 3.8) is 0 Å². The summed E-state index contributed by atoms with van der Waals surface area (Å²) in [4.78, 5) is 0. The lowest BCUT2D eigenvalue weighted by atomic mass is 10.1. The van der Waals surface area contributed by atoms with E-state index in [0.29, 0.717) is 42.5 Å². The van der Waals surface area contributed by atoms with Gasteiger partial charge in [0.1, 0.15) is 24.0 Å². The van der Waals surface area contributed by atoms with E-state index in [1.165, 1.54) is 18.2 Å². The molecule has 27 heavy (non-hydrogen) atoms. The summed E-state index contributed by atoms with van der Waals surface area (Å²) in [5, 5.41) is 3.92. The van der Waals surface area contributed by atoms with Gasteiger partial charge in [0.15, 0.2) is 0 Å². The predicted molar refractivity (Wildman–Crippen MR) is 104 cm³/mol.